The van der Waals surface area contributed by atoms with Crippen LogP contribution in [0, 0.1) is 17.8 Å². The van der Waals surface area contributed by atoms with E-state index in [1.807, 2.05) is 25.2 Å². The summed E-state index contributed by atoms with van der Waals surface area (Å²) in [5.41, 5.74) is 0.685. The van der Waals surface area contributed by atoms with Crippen LogP contribution in [0.15, 0.2) is 36.0 Å². The number of ether oxygens (including phenoxy) is 2. The number of allylic oxidation sites excluding steroid dienone is 2. The van der Waals surface area contributed by atoms with Crippen LogP contribution in [0.5, 0.6) is 0 Å². The highest BCUT2D eigenvalue weighted by molar-refractivity contribution is 5.97. The van der Waals surface area contributed by atoms with Gasteiger partial charge in [-0.1, -0.05) is 38.2 Å². The molecule has 2 aliphatic rings. The van der Waals surface area contributed by atoms with Crippen LogP contribution < -0.4 is 5.32 Å². The van der Waals surface area contributed by atoms with Gasteiger partial charge in [-0.3, -0.25) is 19.7 Å². The Kier molecular flexibility index (Phi) is 11.5. The highest BCUT2D eigenvalue weighted by Crippen LogP contribution is 2.25. The van der Waals surface area contributed by atoms with Crippen LogP contribution >= 0.6 is 0 Å². The van der Waals surface area contributed by atoms with Gasteiger partial charge in [-0.15, -0.1) is 0 Å². The second-order valence-corrected chi connectivity index (χ2v) is 9.62. The van der Waals surface area contributed by atoms with E-state index in [-0.39, 0.29) is 35.9 Å². The summed E-state index contributed by atoms with van der Waals surface area (Å²) < 4.78 is 11.1. The largest absolute Gasteiger partial charge is 0.454 e. The Morgan fingerprint density at radius 2 is 1.86 bits per heavy atom. The summed E-state index contributed by atoms with van der Waals surface area (Å²) in [6, 6.07) is 0. The molecule has 8 nitrogen and oxygen atoms in total. The van der Waals surface area contributed by atoms with Crippen LogP contribution in [0.25, 0.3) is 0 Å². The maximum atomic E-state index is 13.0. The maximum absolute atomic E-state index is 13.0. The van der Waals surface area contributed by atoms with Crippen molar-refractivity contribution in [1.82, 2.24) is 5.32 Å². The maximum Gasteiger partial charge on any atom is 0.331 e. The fourth-order valence-electron chi connectivity index (χ4n) is 4.61. The Morgan fingerprint density at radius 3 is 2.51 bits per heavy atom. The highest BCUT2D eigenvalue weighted by Gasteiger charge is 2.31. The van der Waals surface area contributed by atoms with Crippen molar-refractivity contribution in [2.75, 3.05) is 7.11 Å². The molecule has 194 valence electrons. The summed E-state index contributed by atoms with van der Waals surface area (Å²) >= 11 is 0. The molecule has 2 aliphatic heterocycles. The predicted molar refractivity (Wildman–Crippen MR) is 131 cm³/mol. The third-order valence-corrected chi connectivity index (χ3v) is 6.67. The number of methoxy groups -OCH3 is 1. The molecule has 5 atom stereocenters. The van der Waals surface area contributed by atoms with Crippen LogP contribution in [0.2, 0.25) is 0 Å². The zero-order valence-corrected chi connectivity index (χ0v) is 21.2. The van der Waals surface area contributed by atoms with Gasteiger partial charge < -0.3 is 14.6 Å². The minimum absolute atomic E-state index is 0.0524. The number of imide groups is 1. The summed E-state index contributed by atoms with van der Waals surface area (Å²) in [6.45, 7) is 5.39. The van der Waals surface area contributed by atoms with E-state index in [9.17, 15) is 24.3 Å². The molecule has 2 N–H and O–H groups in total. The molecule has 2 rings (SSSR count). The zero-order chi connectivity index (χ0) is 26.0. The highest BCUT2D eigenvalue weighted by atomic mass is 16.5. The van der Waals surface area contributed by atoms with Gasteiger partial charge in [0.1, 0.15) is 18.0 Å². The molecule has 1 fully saturated rings. The van der Waals surface area contributed by atoms with Gasteiger partial charge in [0.25, 0.3) is 0 Å². The summed E-state index contributed by atoms with van der Waals surface area (Å²) in [5.74, 6) is -2.06. The number of hydrogen-bond donors (Lipinski definition) is 2. The number of hydrogen-bond acceptors (Lipinski definition) is 7. The first-order chi connectivity index (χ1) is 16.6. The second-order valence-electron chi connectivity index (χ2n) is 9.62. The Hall–Kier alpha value is -2.58. The van der Waals surface area contributed by atoms with Crippen molar-refractivity contribution in [3.8, 4) is 0 Å². The number of Topliss-reactive ketones (excluding diaryl/α,β-unsaturated/α-hetero) is 1. The van der Waals surface area contributed by atoms with Gasteiger partial charge in [-0.25, -0.2) is 4.79 Å². The lowest BCUT2D eigenvalue weighted by Crippen LogP contribution is -2.38. The molecule has 0 spiro atoms. The average molecular weight is 490 g/mol. The van der Waals surface area contributed by atoms with Gasteiger partial charge >= 0.3 is 5.97 Å². The van der Waals surface area contributed by atoms with E-state index in [1.54, 1.807) is 27.0 Å². The van der Waals surface area contributed by atoms with Crippen molar-refractivity contribution in [3.05, 3.63) is 36.0 Å². The number of amides is 2. The summed E-state index contributed by atoms with van der Waals surface area (Å²) in [5, 5.41) is 13.1. The molecule has 0 radical (unpaired) electrons. The zero-order valence-electron chi connectivity index (χ0n) is 21.2. The predicted octanol–water partition coefficient (Wildman–Crippen LogP) is 3.19. The van der Waals surface area contributed by atoms with Crippen molar-refractivity contribution in [2.24, 2.45) is 17.8 Å². The van der Waals surface area contributed by atoms with Crippen LogP contribution in [0.3, 0.4) is 0 Å². The van der Waals surface area contributed by atoms with Gasteiger partial charge in [-0.05, 0) is 44.1 Å². The minimum Gasteiger partial charge on any atom is -0.454 e. The van der Waals surface area contributed by atoms with E-state index in [4.69, 9.17) is 9.47 Å². The molecule has 2 amide bonds. The summed E-state index contributed by atoms with van der Waals surface area (Å²) in [7, 11) is 1.55. The molecule has 35 heavy (non-hydrogen) atoms. The molecule has 0 aromatic rings. The number of ketones is 1. The van der Waals surface area contributed by atoms with Crippen molar-refractivity contribution in [3.63, 3.8) is 0 Å². The van der Waals surface area contributed by atoms with E-state index in [0.717, 1.165) is 0 Å². The number of piperidine rings is 1. The van der Waals surface area contributed by atoms with E-state index in [2.05, 4.69) is 5.32 Å². The first kappa shape index (κ1) is 28.7. The third kappa shape index (κ3) is 9.18. The van der Waals surface area contributed by atoms with Crippen LogP contribution in [-0.2, 0) is 28.7 Å². The van der Waals surface area contributed by atoms with Crippen LogP contribution in [-0.4, -0.2) is 54.1 Å². The SMILES string of the molecule is CO[C@H]1/C=C/CC/C=C/C(=O)OC([C@H](C)C(=O)CCCC2CC(=O)NC(=O)C2)/C(C)=C\[C@H](C)[C@@H]1O. The van der Waals surface area contributed by atoms with Crippen molar-refractivity contribution < 1.29 is 33.8 Å². The minimum atomic E-state index is -0.803. The average Bonchev–Trinajstić information content (AvgIpc) is 2.79. The number of carbonyl (C=O) groups is 4. The van der Waals surface area contributed by atoms with Crippen molar-refractivity contribution in [1.29, 1.82) is 0 Å². The Labute approximate surface area is 207 Å². The lowest BCUT2D eigenvalue weighted by Gasteiger charge is -2.27. The first-order valence-electron chi connectivity index (χ1n) is 12.4. The molecule has 1 saturated heterocycles. The molecule has 0 aliphatic carbocycles. The standard InChI is InChI=1S/C27H39NO7/c1-17-14-18(2)27(35-25(32)13-8-6-5-7-12-22(34-4)26(17)33)19(3)21(29)11-9-10-20-15-23(30)28-24(31)16-20/h7-8,12-14,17,19-20,22,26-27,33H,5-6,9-11,15-16H2,1-4H3,(H,28,30,31)/b12-7+,13-8+,18-14-/t17-,19+,22-,26-,27?/m0/s1. The second kappa shape index (κ2) is 14.1. The van der Waals surface area contributed by atoms with Gasteiger partial charge in [0, 0.05) is 38.4 Å². The fraction of sp³-hybridized carbons (Fsp3) is 0.630. The number of esters is 1. The van der Waals surface area contributed by atoms with Gasteiger partial charge in [0.15, 0.2) is 0 Å². The Bertz CT molecular complexity index is 844. The number of rotatable bonds is 7. The normalized spacial score (nSPS) is 31.3. The van der Waals surface area contributed by atoms with E-state index in [1.165, 1.54) is 6.08 Å². The van der Waals surface area contributed by atoms with E-state index in [0.29, 0.717) is 44.1 Å². The van der Waals surface area contributed by atoms with Crippen molar-refractivity contribution in [2.45, 2.75) is 84.0 Å². The number of carbonyl (C=O) groups excluding carboxylic acids is 4. The summed E-state index contributed by atoms with van der Waals surface area (Å²) in [6.07, 6.45) is 9.96. The summed E-state index contributed by atoms with van der Waals surface area (Å²) in [4.78, 5) is 48.6. The molecular weight excluding hydrogens is 450 g/mol. The van der Waals surface area contributed by atoms with Crippen LogP contribution in [0.4, 0.5) is 0 Å². The molecule has 1 unspecified atom stereocenters. The number of nitrogens with one attached hydrogen (secondary N) is 1. The third-order valence-electron chi connectivity index (χ3n) is 6.67. The molecule has 0 saturated carbocycles. The van der Waals surface area contributed by atoms with E-state index < -0.39 is 30.2 Å². The van der Waals surface area contributed by atoms with Gasteiger partial charge in [-0.2, -0.15) is 0 Å². The molecule has 0 bridgehead atoms. The quantitative estimate of drug-likeness (QED) is 0.320. The molecule has 8 heteroatoms. The first-order valence-corrected chi connectivity index (χ1v) is 12.4. The fourth-order valence-corrected chi connectivity index (χ4v) is 4.61. The molecular formula is C27H39NO7. The van der Waals surface area contributed by atoms with Crippen LogP contribution in [0.1, 0.15) is 65.7 Å². The Morgan fingerprint density at radius 1 is 1.20 bits per heavy atom. The number of aliphatic hydroxyl groups is 1. The Balaban J connectivity index is 2.11. The number of aliphatic hydroxyl groups excluding tert-OH is 1. The molecule has 0 aromatic carbocycles. The topological polar surface area (TPSA) is 119 Å². The molecule has 0 aromatic heterocycles. The molecule has 2 heterocycles. The van der Waals surface area contributed by atoms with E-state index >= 15 is 0 Å². The smallest absolute Gasteiger partial charge is 0.331 e. The monoisotopic (exact) mass is 489 g/mol. The van der Waals surface area contributed by atoms with Crippen molar-refractivity contribution >= 4 is 23.6 Å². The van der Waals surface area contributed by atoms with Gasteiger partial charge in [0.05, 0.1) is 12.0 Å². The van der Waals surface area contributed by atoms with Gasteiger partial charge in [0.2, 0.25) is 11.8 Å². The lowest BCUT2D eigenvalue weighted by molar-refractivity contribution is -0.145. The lowest BCUT2D eigenvalue weighted by atomic mass is 9.86. The number of cyclic esters (lactones) is 1.